The minimum atomic E-state index is 0. The van der Waals surface area contributed by atoms with Crippen LogP contribution in [-0.2, 0) is 4.79 Å². The van der Waals surface area contributed by atoms with Gasteiger partial charge in [-0.1, -0.05) is 19.4 Å². The van der Waals surface area contributed by atoms with Crippen molar-refractivity contribution < 1.29 is 9.53 Å². The molecule has 1 atom stereocenters. The molecule has 0 aromatic heterocycles. The molecule has 2 rings (SSSR count). The molecule has 118 valence electrons. The van der Waals surface area contributed by atoms with Gasteiger partial charge in [-0.2, -0.15) is 0 Å². The molecule has 1 fully saturated rings. The van der Waals surface area contributed by atoms with Gasteiger partial charge in [-0.15, -0.1) is 12.4 Å². The summed E-state index contributed by atoms with van der Waals surface area (Å²) in [4.78, 5) is 12.1. The van der Waals surface area contributed by atoms with Gasteiger partial charge in [-0.3, -0.25) is 4.79 Å². The quantitative estimate of drug-likeness (QED) is 0.793. The van der Waals surface area contributed by atoms with Crippen LogP contribution in [-0.4, -0.2) is 25.6 Å². The Hall–Kier alpha value is -1.26. The molecular formula is C16H25ClN2O2. The van der Waals surface area contributed by atoms with Crippen LogP contribution in [0.5, 0.6) is 5.75 Å². The van der Waals surface area contributed by atoms with Crippen LogP contribution in [0.1, 0.15) is 32.6 Å². The number of nitrogens with one attached hydrogen (secondary N) is 2. The van der Waals surface area contributed by atoms with E-state index in [-0.39, 0.29) is 24.2 Å². The molecule has 0 aliphatic carbocycles. The van der Waals surface area contributed by atoms with Crippen molar-refractivity contribution in [3.8, 4) is 5.75 Å². The topological polar surface area (TPSA) is 50.4 Å². The molecule has 0 spiro atoms. The normalized spacial score (nSPS) is 17.7. The van der Waals surface area contributed by atoms with Crippen LogP contribution in [0, 0.1) is 5.92 Å². The summed E-state index contributed by atoms with van der Waals surface area (Å²) < 4.78 is 5.65. The van der Waals surface area contributed by atoms with Gasteiger partial charge in [0, 0.05) is 18.3 Å². The maximum absolute atomic E-state index is 12.1. The first-order chi connectivity index (χ1) is 9.79. The van der Waals surface area contributed by atoms with Crippen molar-refractivity contribution in [3.63, 3.8) is 0 Å². The van der Waals surface area contributed by atoms with Gasteiger partial charge in [0.05, 0.1) is 12.5 Å². The molecule has 21 heavy (non-hydrogen) atoms. The molecule has 1 aliphatic rings. The molecule has 0 bridgehead atoms. The lowest BCUT2D eigenvalue weighted by Crippen LogP contribution is -2.37. The standard InChI is InChI=1S/C16H24N2O2.ClH/c1-2-3-10-20-15-8-4-7-14(11-15)18-16(19)13-6-5-9-17-12-13;/h4,7-8,11,13,17H,2-3,5-6,9-10,12H2,1H3,(H,18,19);1H. The first kappa shape index (κ1) is 17.8. The third kappa shape index (κ3) is 5.94. The first-order valence-corrected chi connectivity index (χ1v) is 7.54. The van der Waals surface area contributed by atoms with Crippen LogP contribution in [0.25, 0.3) is 0 Å². The number of rotatable bonds is 6. The number of halogens is 1. The summed E-state index contributed by atoms with van der Waals surface area (Å²) in [6, 6.07) is 7.63. The van der Waals surface area contributed by atoms with E-state index in [2.05, 4.69) is 17.6 Å². The largest absolute Gasteiger partial charge is 0.494 e. The summed E-state index contributed by atoms with van der Waals surface area (Å²) in [6.45, 7) is 4.65. The Kier molecular flexibility index (Phi) is 8.16. The molecule has 2 N–H and O–H groups in total. The molecule has 1 saturated heterocycles. The second-order valence-electron chi connectivity index (χ2n) is 5.26. The predicted octanol–water partition coefficient (Wildman–Crippen LogP) is 3.23. The van der Waals surface area contributed by atoms with Gasteiger partial charge in [-0.25, -0.2) is 0 Å². The minimum Gasteiger partial charge on any atom is -0.494 e. The van der Waals surface area contributed by atoms with Gasteiger partial charge in [0.15, 0.2) is 0 Å². The fourth-order valence-corrected chi connectivity index (χ4v) is 2.32. The summed E-state index contributed by atoms with van der Waals surface area (Å²) in [7, 11) is 0. The zero-order valence-corrected chi connectivity index (χ0v) is 13.4. The number of hydrogen-bond donors (Lipinski definition) is 2. The van der Waals surface area contributed by atoms with E-state index in [0.29, 0.717) is 0 Å². The molecule has 1 heterocycles. The number of amides is 1. The van der Waals surface area contributed by atoms with E-state index >= 15 is 0 Å². The number of benzene rings is 1. The average molecular weight is 313 g/mol. The summed E-state index contributed by atoms with van der Waals surface area (Å²) in [6.07, 6.45) is 4.19. The summed E-state index contributed by atoms with van der Waals surface area (Å²) in [5.74, 6) is 0.995. The van der Waals surface area contributed by atoms with Crippen LogP contribution in [0.3, 0.4) is 0 Å². The van der Waals surface area contributed by atoms with Crippen LogP contribution in [0.15, 0.2) is 24.3 Å². The van der Waals surface area contributed by atoms with E-state index in [9.17, 15) is 4.79 Å². The molecule has 1 unspecified atom stereocenters. The SMILES string of the molecule is CCCCOc1cccc(NC(=O)C2CCCNC2)c1.Cl. The number of ether oxygens (including phenoxy) is 1. The van der Waals surface area contributed by atoms with Gasteiger partial charge in [0.25, 0.3) is 0 Å². The van der Waals surface area contributed by atoms with Crippen molar-refractivity contribution in [3.05, 3.63) is 24.3 Å². The number of anilines is 1. The Bertz CT molecular complexity index is 434. The molecule has 1 amide bonds. The highest BCUT2D eigenvalue weighted by Crippen LogP contribution is 2.19. The fourth-order valence-electron chi connectivity index (χ4n) is 2.32. The van der Waals surface area contributed by atoms with E-state index in [4.69, 9.17) is 4.74 Å². The monoisotopic (exact) mass is 312 g/mol. The van der Waals surface area contributed by atoms with E-state index in [1.807, 2.05) is 24.3 Å². The summed E-state index contributed by atoms with van der Waals surface area (Å²) in [5.41, 5.74) is 0.814. The van der Waals surface area contributed by atoms with Crippen LogP contribution < -0.4 is 15.4 Å². The Balaban J connectivity index is 0.00000220. The smallest absolute Gasteiger partial charge is 0.228 e. The lowest BCUT2D eigenvalue weighted by molar-refractivity contribution is -0.120. The highest BCUT2D eigenvalue weighted by Gasteiger charge is 2.20. The van der Waals surface area contributed by atoms with Gasteiger partial charge in [0.1, 0.15) is 5.75 Å². The van der Waals surface area contributed by atoms with Crippen molar-refractivity contribution in [1.82, 2.24) is 5.32 Å². The molecular weight excluding hydrogens is 288 g/mol. The molecule has 5 heteroatoms. The molecule has 0 saturated carbocycles. The lowest BCUT2D eigenvalue weighted by atomic mass is 9.99. The number of carbonyl (C=O) groups excluding carboxylic acids is 1. The molecule has 4 nitrogen and oxygen atoms in total. The van der Waals surface area contributed by atoms with Crippen molar-refractivity contribution in [2.45, 2.75) is 32.6 Å². The second kappa shape index (κ2) is 9.64. The van der Waals surface area contributed by atoms with Crippen molar-refractivity contribution in [1.29, 1.82) is 0 Å². The van der Waals surface area contributed by atoms with E-state index in [1.165, 1.54) is 0 Å². The Morgan fingerprint density at radius 2 is 2.33 bits per heavy atom. The van der Waals surface area contributed by atoms with Gasteiger partial charge < -0.3 is 15.4 Å². The van der Waals surface area contributed by atoms with Gasteiger partial charge in [0.2, 0.25) is 5.91 Å². The van der Waals surface area contributed by atoms with Crippen molar-refractivity contribution in [2.24, 2.45) is 5.92 Å². The third-order valence-electron chi connectivity index (χ3n) is 3.54. The van der Waals surface area contributed by atoms with Crippen molar-refractivity contribution in [2.75, 3.05) is 25.0 Å². The first-order valence-electron chi connectivity index (χ1n) is 7.54. The summed E-state index contributed by atoms with van der Waals surface area (Å²) >= 11 is 0. The van der Waals surface area contributed by atoms with E-state index < -0.39 is 0 Å². The Morgan fingerprint density at radius 1 is 1.48 bits per heavy atom. The fraction of sp³-hybridized carbons (Fsp3) is 0.562. The number of carbonyl (C=O) groups is 1. The molecule has 1 aliphatic heterocycles. The Morgan fingerprint density at radius 3 is 3.05 bits per heavy atom. The summed E-state index contributed by atoms with van der Waals surface area (Å²) in [5, 5.41) is 6.25. The van der Waals surface area contributed by atoms with Crippen molar-refractivity contribution >= 4 is 24.0 Å². The minimum absolute atomic E-state index is 0. The van der Waals surface area contributed by atoms with E-state index in [0.717, 1.165) is 56.8 Å². The van der Waals surface area contributed by atoms with Gasteiger partial charge >= 0.3 is 0 Å². The highest BCUT2D eigenvalue weighted by molar-refractivity contribution is 5.92. The van der Waals surface area contributed by atoms with Crippen LogP contribution in [0.2, 0.25) is 0 Å². The average Bonchev–Trinajstić information content (AvgIpc) is 2.49. The zero-order valence-electron chi connectivity index (χ0n) is 12.6. The zero-order chi connectivity index (χ0) is 14.2. The predicted molar refractivity (Wildman–Crippen MR) is 88.3 cm³/mol. The van der Waals surface area contributed by atoms with Crippen LogP contribution in [0.4, 0.5) is 5.69 Å². The maximum Gasteiger partial charge on any atom is 0.228 e. The van der Waals surface area contributed by atoms with Gasteiger partial charge in [-0.05, 0) is 37.9 Å². The number of hydrogen-bond acceptors (Lipinski definition) is 3. The molecule has 0 radical (unpaired) electrons. The van der Waals surface area contributed by atoms with Crippen LogP contribution >= 0.6 is 12.4 Å². The highest BCUT2D eigenvalue weighted by atomic mass is 35.5. The maximum atomic E-state index is 12.1. The molecule has 1 aromatic rings. The number of unbranched alkanes of at least 4 members (excludes halogenated alkanes) is 1. The molecule has 1 aromatic carbocycles. The Labute approximate surface area is 133 Å². The third-order valence-corrected chi connectivity index (χ3v) is 3.54. The lowest BCUT2D eigenvalue weighted by Gasteiger charge is -2.22. The van der Waals surface area contributed by atoms with E-state index in [1.54, 1.807) is 0 Å². The second-order valence-corrected chi connectivity index (χ2v) is 5.26. The number of piperidine rings is 1.